The van der Waals surface area contributed by atoms with Gasteiger partial charge in [-0.2, -0.15) is 0 Å². The third-order valence-corrected chi connectivity index (χ3v) is 4.82. The summed E-state index contributed by atoms with van der Waals surface area (Å²) in [6, 6.07) is 17.8. The highest BCUT2D eigenvalue weighted by Gasteiger charge is 2.26. The number of hydrogen-bond donors (Lipinski definition) is 0. The smallest absolute Gasteiger partial charge is 0.257 e. The van der Waals surface area contributed by atoms with E-state index in [0.29, 0.717) is 30.4 Å². The van der Waals surface area contributed by atoms with Crippen LogP contribution in [0.2, 0.25) is 0 Å². The van der Waals surface area contributed by atoms with Crippen LogP contribution in [0.1, 0.15) is 28.8 Å². The van der Waals surface area contributed by atoms with Gasteiger partial charge in [0.2, 0.25) is 0 Å². The molecule has 1 heterocycles. The summed E-state index contributed by atoms with van der Waals surface area (Å²) < 4.78 is 11.2. The van der Waals surface area contributed by atoms with Gasteiger partial charge in [0.05, 0.1) is 18.8 Å². The standard InChI is InChI=1S/C22H27NO3/c1-25-17-19-10-7-14-23(16-19)22(24)20-11-5-6-12-21(20)26-15-13-18-8-3-2-4-9-18/h2-6,8-9,11-12,19H,7,10,13-17H2,1H3. The van der Waals surface area contributed by atoms with Crippen LogP contribution >= 0.6 is 0 Å². The molecule has 2 aromatic carbocycles. The normalized spacial score (nSPS) is 17.1. The fraction of sp³-hybridized carbons (Fsp3) is 0.409. The van der Waals surface area contributed by atoms with Crippen LogP contribution in [0, 0.1) is 5.92 Å². The maximum atomic E-state index is 13.0. The van der Waals surface area contributed by atoms with E-state index in [1.807, 2.05) is 47.4 Å². The van der Waals surface area contributed by atoms with E-state index in [0.717, 1.165) is 32.4 Å². The van der Waals surface area contributed by atoms with Crippen LogP contribution in [0.15, 0.2) is 54.6 Å². The number of para-hydroxylation sites is 1. The summed E-state index contributed by atoms with van der Waals surface area (Å²) in [7, 11) is 1.72. The van der Waals surface area contributed by atoms with Gasteiger partial charge in [0.15, 0.2) is 0 Å². The van der Waals surface area contributed by atoms with Crippen molar-refractivity contribution >= 4 is 5.91 Å². The van der Waals surface area contributed by atoms with Gasteiger partial charge < -0.3 is 14.4 Å². The maximum absolute atomic E-state index is 13.0. The van der Waals surface area contributed by atoms with Crippen molar-refractivity contribution in [2.75, 3.05) is 33.4 Å². The molecule has 0 aromatic heterocycles. The first kappa shape index (κ1) is 18.5. The van der Waals surface area contributed by atoms with Crippen LogP contribution in [-0.4, -0.2) is 44.2 Å². The first-order valence-corrected chi connectivity index (χ1v) is 9.32. The molecule has 0 saturated carbocycles. The molecule has 1 fully saturated rings. The van der Waals surface area contributed by atoms with Crippen LogP contribution in [0.5, 0.6) is 5.75 Å². The van der Waals surface area contributed by atoms with E-state index < -0.39 is 0 Å². The Labute approximate surface area is 155 Å². The average molecular weight is 353 g/mol. The lowest BCUT2D eigenvalue weighted by Gasteiger charge is -2.32. The Morgan fingerprint density at radius 3 is 2.69 bits per heavy atom. The molecule has 4 heteroatoms. The zero-order chi connectivity index (χ0) is 18.2. The quantitative estimate of drug-likeness (QED) is 0.760. The number of ether oxygens (including phenoxy) is 2. The molecule has 0 N–H and O–H groups in total. The first-order chi connectivity index (χ1) is 12.8. The predicted octanol–water partition coefficient (Wildman–Crippen LogP) is 3.81. The van der Waals surface area contributed by atoms with Crippen LogP contribution < -0.4 is 4.74 Å². The highest BCUT2D eigenvalue weighted by molar-refractivity contribution is 5.97. The van der Waals surface area contributed by atoms with Gasteiger partial charge >= 0.3 is 0 Å². The van der Waals surface area contributed by atoms with Crippen molar-refractivity contribution in [2.45, 2.75) is 19.3 Å². The molecule has 2 aromatic rings. The van der Waals surface area contributed by atoms with Crippen LogP contribution in [0.4, 0.5) is 0 Å². The van der Waals surface area contributed by atoms with Crippen molar-refractivity contribution in [1.29, 1.82) is 0 Å². The highest BCUT2D eigenvalue weighted by atomic mass is 16.5. The molecule has 3 rings (SSSR count). The molecule has 1 unspecified atom stereocenters. The third kappa shape index (κ3) is 4.85. The van der Waals surface area contributed by atoms with E-state index >= 15 is 0 Å². The third-order valence-electron chi connectivity index (χ3n) is 4.82. The van der Waals surface area contributed by atoms with Crippen molar-refractivity contribution in [2.24, 2.45) is 5.92 Å². The van der Waals surface area contributed by atoms with E-state index in [-0.39, 0.29) is 5.91 Å². The predicted molar refractivity (Wildman–Crippen MR) is 103 cm³/mol. The van der Waals surface area contributed by atoms with Crippen LogP contribution in [-0.2, 0) is 11.2 Å². The van der Waals surface area contributed by atoms with Gasteiger partial charge in [-0.1, -0.05) is 42.5 Å². The molecule has 1 amide bonds. The first-order valence-electron chi connectivity index (χ1n) is 9.32. The minimum Gasteiger partial charge on any atom is -0.492 e. The van der Waals surface area contributed by atoms with E-state index in [4.69, 9.17) is 9.47 Å². The van der Waals surface area contributed by atoms with Crippen molar-refractivity contribution in [3.8, 4) is 5.75 Å². The number of rotatable bonds is 7. The molecular formula is C22H27NO3. The Morgan fingerprint density at radius 1 is 1.12 bits per heavy atom. The summed E-state index contributed by atoms with van der Waals surface area (Å²) in [6.45, 7) is 2.82. The largest absolute Gasteiger partial charge is 0.492 e. The maximum Gasteiger partial charge on any atom is 0.257 e. The van der Waals surface area contributed by atoms with Gasteiger partial charge in [-0.05, 0) is 36.5 Å². The number of amides is 1. The van der Waals surface area contributed by atoms with Crippen molar-refractivity contribution in [1.82, 2.24) is 4.90 Å². The highest BCUT2D eigenvalue weighted by Crippen LogP contribution is 2.24. The second kappa shape index (κ2) is 9.39. The summed E-state index contributed by atoms with van der Waals surface area (Å²) in [4.78, 5) is 14.9. The number of methoxy groups -OCH3 is 1. The number of hydrogen-bond acceptors (Lipinski definition) is 3. The molecule has 138 valence electrons. The Hall–Kier alpha value is -2.33. The number of nitrogens with zero attached hydrogens (tertiary/aromatic N) is 1. The molecule has 0 radical (unpaired) electrons. The lowest BCUT2D eigenvalue weighted by atomic mass is 9.98. The Morgan fingerprint density at radius 2 is 1.88 bits per heavy atom. The van der Waals surface area contributed by atoms with Gasteiger partial charge in [-0.3, -0.25) is 4.79 Å². The summed E-state index contributed by atoms with van der Waals surface area (Å²) in [6.07, 6.45) is 2.96. The number of piperidine rings is 1. The van der Waals surface area contributed by atoms with Gasteiger partial charge in [0.25, 0.3) is 5.91 Å². The monoisotopic (exact) mass is 353 g/mol. The Balaban J connectivity index is 1.63. The number of benzene rings is 2. The molecule has 1 aliphatic rings. The van der Waals surface area contributed by atoms with E-state index in [1.165, 1.54) is 5.56 Å². The molecule has 1 saturated heterocycles. The Kier molecular flexibility index (Phi) is 6.67. The molecule has 0 spiro atoms. The molecular weight excluding hydrogens is 326 g/mol. The van der Waals surface area contributed by atoms with E-state index in [9.17, 15) is 4.79 Å². The topological polar surface area (TPSA) is 38.8 Å². The second-order valence-electron chi connectivity index (χ2n) is 6.79. The zero-order valence-corrected chi connectivity index (χ0v) is 15.4. The molecule has 0 aliphatic carbocycles. The molecule has 1 atom stereocenters. The molecule has 26 heavy (non-hydrogen) atoms. The van der Waals surface area contributed by atoms with Gasteiger partial charge in [-0.25, -0.2) is 0 Å². The molecule has 0 bridgehead atoms. The van der Waals surface area contributed by atoms with E-state index in [2.05, 4.69) is 12.1 Å². The van der Waals surface area contributed by atoms with Crippen molar-refractivity contribution in [3.63, 3.8) is 0 Å². The SMILES string of the molecule is COCC1CCCN(C(=O)c2ccccc2OCCc2ccccc2)C1. The fourth-order valence-corrected chi connectivity index (χ4v) is 3.48. The Bertz CT molecular complexity index is 700. The fourth-order valence-electron chi connectivity index (χ4n) is 3.48. The molecule has 4 nitrogen and oxygen atoms in total. The number of carbonyl (C=O) groups is 1. The average Bonchev–Trinajstić information content (AvgIpc) is 2.69. The van der Waals surface area contributed by atoms with Gasteiger partial charge in [-0.15, -0.1) is 0 Å². The van der Waals surface area contributed by atoms with Crippen molar-refractivity contribution < 1.29 is 14.3 Å². The van der Waals surface area contributed by atoms with Crippen LogP contribution in [0.3, 0.4) is 0 Å². The summed E-state index contributed by atoms with van der Waals surface area (Å²) in [5.41, 5.74) is 1.88. The summed E-state index contributed by atoms with van der Waals surface area (Å²) in [5.74, 6) is 1.15. The summed E-state index contributed by atoms with van der Waals surface area (Å²) in [5, 5.41) is 0. The number of carbonyl (C=O) groups excluding carboxylic acids is 1. The van der Waals surface area contributed by atoms with Crippen LogP contribution in [0.25, 0.3) is 0 Å². The lowest BCUT2D eigenvalue weighted by Crippen LogP contribution is -2.41. The summed E-state index contributed by atoms with van der Waals surface area (Å²) >= 11 is 0. The number of likely N-dealkylation sites (tertiary alicyclic amines) is 1. The van der Waals surface area contributed by atoms with E-state index in [1.54, 1.807) is 7.11 Å². The van der Waals surface area contributed by atoms with Gasteiger partial charge in [0.1, 0.15) is 5.75 Å². The minimum absolute atomic E-state index is 0.0566. The minimum atomic E-state index is 0.0566. The van der Waals surface area contributed by atoms with Crippen molar-refractivity contribution in [3.05, 3.63) is 65.7 Å². The van der Waals surface area contributed by atoms with Gasteiger partial charge in [0, 0.05) is 26.6 Å². The molecule has 1 aliphatic heterocycles. The zero-order valence-electron chi connectivity index (χ0n) is 15.4. The second-order valence-corrected chi connectivity index (χ2v) is 6.79. The lowest BCUT2D eigenvalue weighted by molar-refractivity contribution is 0.0567.